The number of carboxylic acids is 4. The zero-order chi connectivity index (χ0) is 20.3. The molecule has 0 spiro atoms. The molecule has 0 saturated heterocycles. The Balaban J connectivity index is 0.00000160. The molecule has 4 N–H and O–H groups in total. The van der Waals surface area contributed by atoms with E-state index >= 15 is 0 Å². The molecular formula is C20H11KO8. The van der Waals surface area contributed by atoms with Gasteiger partial charge in [0.2, 0.25) is 0 Å². The van der Waals surface area contributed by atoms with Gasteiger partial charge in [0.15, 0.2) is 0 Å². The van der Waals surface area contributed by atoms with Gasteiger partial charge in [0.1, 0.15) is 0 Å². The molecule has 0 saturated carbocycles. The van der Waals surface area contributed by atoms with Gasteiger partial charge in [0, 0.05) is 5.39 Å². The Hall–Kier alpha value is -2.56. The molecule has 0 heterocycles. The second kappa shape index (κ2) is 7.36. The summed E-state index contributed by atoms with van der Waals surface area (Å²) in [7, 11) is 0. The van der Waals surface area contributed by atoms with Gasteiger partial charge in [-0.15, -0.1) is 0 Å². The summed E-state index contributed by atoms with van der Waals surface area (Å²) in [6.07, 6.45) is 0. The van der Waals surface area contributed by atoms with E-state index in [1.54, 1.807) is 6.07 Å². The molecular weight excluding hydrogens is 407 g/mol. The van der Waals surface area contributed by atoms with E-state index in [9.17, 15) is 39.6 Å². The van der Waals surface area contributed by atoms with Crippen molar-refractivity contribution in [3.8, 4) is 0 Å². The quantitative estimate of drug-likeness (QED) is 0.276. The molecule has 0 unspecified atom stereocenters. The normalized spacial score (nSPS) is 10.9. The molecule has 4 aromatic carbocycles. The molecule has 9 heteroatoms. The first kappa shape index (κ1) is 21.2. The van der Waals surface area contributed by atoms with Crippen LogP contribution in [0, 0.1) is 0 Å². The third kappa shape index (κ3) is 2.98. The van der Waals surface area contributed by atoms with Crippen molar-refractivity contribution in [1.82, 2.24) is 0 Å². The monoisotopic (exact) mass is 418 g/mol. The number of hydrogen-bond donors (Lipinski definition) is 4. The second-order valence-corrected chi connectivity index (χ2v) is 6.21. The standard InChI is InChI=1S/C20H10O8.K.H/c21-17(22)10-5-4-9-14-12-7(6-11(13(10)14)18(23)24)2-1-3-8(12)15(19(25)26)16(9)20(27)28;;/h1-6H,(H,21,22)(H,23,24)(H,25,26)(H,27,28);;/q;+1;-1. The Morgan fingerprint density at radius 3 is 1.69 bits per heavy atom. The van der Waals surface area contributed by atoms with Crippen LogP contribution in [0.25, 0.3) is 32.3 Å². The smallest absolute Gasteiger partial charge is 1.00 e. The first-order chi connectivity index (χ1) is 13.2. The van der Waals surface area contributed by atoms with Crippen LogP contribution in [0.2, 0.25) is 0 Å². The number of carbonyl (C=O) groups is 4. The summed E-state index contributed by atoms with van der Waals surface area (Å²) >= 11 is 0. The topological polar surface area (TPSA) is 149 Å². The van der Waals surface area contributed by atoms with Gasteiger partial charge in [-0.2, -0.15) is 0 Å². The third-order valence-corrected chi connectivity index (χ3v) is 4.80. The summed E-state index contributed by atoms with van der Waals surface area (Å²) in [4.78, 5) is 47.3. The first-order valence-corrected chi connectivity index (χ1v) is 7.94. The molecule has 0 bridgehead atoms. The summed E-state index contributed by atoms with van der Waals surface area (Å²) in [5.41, 5.74) is -1.56. The molecule has 0 aromatic heterocycles. The van der Waals surface area contributed by atoms with Gasteiger partial charge in [0.25, 0.3) is 0 Å². The van der Waals surface area contributed by atoms with Gasteiger partial charge >= 0.3 is 75.3 Å². The summed E-state index contributed by atoms with van der Waals surface area (Å²) in [5.74, 6) is -5.72. The van der Waals surface area contributed by atoms with Crippen LogP contribution < -0.4 is 51.4 Å². The fourth-order valence-corrected chi connectivity index (χ4v) is 3.82. The molecule has 0 aliphatic rings. The van der Waals surface area contributed by atoms with E-state index in [0.29, 0.717) is 10.8 Å². The number of benzene rings is 4. The largest absolute Gasteiger partial charge is 1.00 e. The molecule has 0 fully saturated rings. The van der Waals surface area contributed by atoms with E-state index in [2.05, 4.69) is 0 Å². The van der Waals surface area contributed by atoms with E-state index in [1.165, 1.54) is 24.3 Å². The van der Waals surface area contributed by atoms with Crippen LogP contribution in [-0.2, 0) is 0 Å². The fourth-order valence-electron chi connectivity index (χ4n) is 3.82. The minimum Gasteiger partial charge on any atom is -1.00 e. The Morgan fingerprint density at radius 1 is 0.621 bits per heavy atom. The average molecular weight is 418 g/mol. The van der Waals surface area contributed by atoms with E-state index in [0.717, 1.165) is 6.07 Å². The zero-order valence-electron chi connectivity index (χ0n) is 15.9. The predicted molar refractivity (Wildman–Crippen MR) is 99.1 cm³/mol. The van der Waals surface area contributed by atoms with Crippen LogP contribution in [-0.4, -0.2) is 44.3 Å². The molecule has 0 aliphatic carbocycles. The van der Waals surface area contributed by atoms with Gasteiger partial charge in [-0.3, -0.25) is 0 Å². The maximum absolute atomic E-state index is 11.9. The van der Waals surface area contributed by atoms with Crippen molar-refractivity contribution in [1.29, 1.82) is 0 Å². The number of hydrogen-bond acceptors (Lipinski definition) is 4. The molecule has 0 radical (unpaired) electrons. The molecule has 4 rings (SSSR count). The van der Waals surface area contributed by atoms with Gasteiger partial charge in [-0.05, 0) is 39.1 Å². The van der Waals surface area contributed by atoms with Gasteiger partial charge in [0.05, 0.1) is 22.3 Å². The van der Waals surface area contributed by atoms with E-state index in [4.69, 9.17) is 0 Å². The summed E-state index contributed by atoms with van der Waals surface area (Å²) in [6.45, 7) is 0. The van der Waals surface area contributed by atoms with Gasteiger partial charge in [-0.25, -0.2) is 19.2 Å². The Kier molecular flexibility index (Phi) is 5.37. The Morgan fingerprint density at radius 2 is 1.17 bits per heavy atom. The maximum Gasteiger partial charge on any atom is 1.00 e. The zero-order valence-corrected chi connectivity index (χ0v) is 18.0. The van der Waals surface area contributed by atoms with Crippen molar-refractivity contribution >= 4 is 56.2 Å². The maximum atomic E-state index is 11.9. The molecule has 8 nitrogen and oxygen atoms in total. The number of carboxylic acid groups (broad SMARTS) is 4. The van der Waals surface area contributed by atoms with Crippen molar-refractivity contribution < 1.29 is 92.4 Å². The molecule has 29 heavy (non-hydrogen) atoms. The molecule has 140 valence electrons. The Labute approximate surface area is 205 Å². The fraction of sp³-hybridized carbons (Fsp3) is 0. The van der Waals surface area contributed by atoms with Crippen molar-refractivity contribution in [3.63, 3.8) is 0 Å². The summed E-state index contributed by atoms with van der Waals surface area (Å²) < 4.78 is 0. The summed E-state index contributed by atoms with van der Waals surface area (Å²) in [5, 5.41) is 39.2. The van der Waals surface area contributed by atoms with Crippen molar-refractivity contribution in [2.24, 2.45) is 0 Å². The minimum atomic E-state index is -1.51. The van der Waals surface area contributed by atoms with Crippen LogP contribution in [0.3, 0.4) is 0 Å². The predicted octanol–water partition coefficient (Wildman–Crippen LogP) is 0.493. The van der Waals surface area contributed by atoms with E-state index in [1.807, 2.05) is 0 Å². The van der Waals surface area contributed by atoms with Crippen molar-refractivity contribution in [3.05, 3.63) is 58.7 Å². The Bertz CT molecular complexity index is 1380. The summed E-state index contributed by atoms with van der Waals surface area (Å²) in [6, 6.07) is 8.04. The molecule has 0 atom stereocenters. The molecule has 0 aliphatic heterocycles. The number of aromatic carboxylic acids is 4. The van der Waals surface area contributed by atoms with Crippen LogP contribution >= 0.6 is 0 Å². The van der Waals surface area contributed by atoms with E-state index in [-0.39, 0.29) is 85.5 Å². The van der Waals surface area contributed by atoms with Crippen molar-refractivity contribution in [2.75, 3.05) is 0 Å². The second-order valence-electron chi connectivity index (χ2n) is 6.21. The SMILES string of the molecule is O=C(O)c1c(C(=O)O)c2ccc(C(=O)O)c3c(C(=O)O)cc4cccc1c4c23.[H-].[K+]. The minimum absolute atomic E-state index is 0. The van der Waals surface area contributed by atoms with Crippen LogP contribution in [0.15, 0.2) is 36.4 Å². The molecule has 4 aromatic rings. The van der Waals surface area contributed by atoms with Gasteiger partial charge in [-0.1, -0.05) is 24.3 Å². The van der Waals surface area contributed by atoms with Crippen molar-refractivity contribution in [2.45, 2.75) is 0 Å². The van der Waals surface area contributed by atoms with Crippen LogP contribution in [0.4, 0.5) is 0 Å². The first-order valence-electron chi connectivity index (χ1n) is 7.94. The molecule has 0 amide bonds. The average Bonchev–Trinajstić information content (AvgIpc) is 2.63. The van der Waals surface area contributed by atoms with E-state index < -0.39 is 35.0 Å². The number of rotatable bonds is 4. The van der Waals surface area contributed by atoms with Gasteiger partial charge < -0.3 is 21.9 Å². The van der Waals surface area contributed by atoms with Crippen LogP contribution in [0.1, 0.15) is 42.9 Å². The van der Waals surface area contributed by atoms with Crippen LogP contribution in [0.5, 0.6) is 0 Å². The third-order valence-electron chi connectivity index (χ3n) is 4.80.